The van der Waals surface area contributed by atoms with Crippen LogP contribution >= 0.6 is 0 Å². The van der Waals surface area contributed by atoms with Gasteiger partial charge in [0.25, 0.3) is 0 Å². The normalized spacial score (nSPS) is 10.7. The van der Waals surface area contributed by atoms with Gasteiger partial charge in [-0.15, -0.1) is 5.10 Å². The average molecular weight is 477 g/mol. The number of hydrogen-bond acceptors (Lipinski definition) is 6. The lowest BCUT2D eigenvalue weighted by atomic mass is 10.1. The SMILES string of the molecule is COCC(=O)Nc1ccc(-n2nc(OCCc3ccc(OC)cc3)nc2-c2cccc(F)c2)cc1. The van der Waals surface area contributed by atoms with Crippen molar-refractivity contribution in [2.45, 2.75) is 6.42 Å². The fourth-order valence-electron chi connectivity index (χ4n) is 3.42. The molecule has 8 nitrogen and oxygen atoms in total. The first-order valence-electron chi connectivity index (χ1n) is 10.9. The molecule has 1 amide bonds. The van der Waals surface area contributed by atoms with Gasteiger partial charge in [0.15, 0.2) is 5.82 Å². The number of halogens is 1. The molecule has 0 aliphatic heterocycles. The Morgan fingerprint density at radius 1 is 1.03 bits per heavy atom. The summed E-state index contributed by atoms with van der Waals surface area (Å²) >= 11 is 0. The summed E-state index contributed by atoms with van der Waals surface area (Å²) in [6.07, 6.45) is 0.656. The molecule has 0 fully saturated rings. The summed E-state index contributed by atoms with van der Waals surface area (Å²) in [6, 6.07) is 21.1. The maximum absolute atomic E-state index is 13.9. The Hall–Kier alpha value is -4.24. The number of rotatable bonds is 10. The van der Waals surface area contributed by atoms with Gasteiger partial charge < -0.3 is 19.5 Å². The third-order valence-electron chi connectivity index (χ3n) is 5.12. The number of nitrogens with zero attached hydrogens (tertiary/aromatic N) is 3. The largest absolute Gasteiger partial charge is 0.497 e. The summed E-state index contributed by atoms with van der Waals surface area (Å²) in [5, 5.41) is 7.24. The van der Waals surface area contributed by atoms with Crippen molar-refractivity contribution in [1.82, 2.24) is 14.8 Å². The summed E-state index contributed by atoms with van der Waals surface area (Å²) in [5.74, 6) is 0.587. The number of amides is 1. The van der Waals surface area contributed by atoms with E-state index < -0.39 is 0 Å². The monoisotopic (exact) mass is 476 g/mol. The number of carbonyl (C=O) groups excluding carboxylic acids is 1. The average Bonchev–Trinajstić information content (AvgIpc) is 3.29. The second kappa shape index (κ2) is 11.3. The summed E-state index contributed by atoms with van der Waals surface area (Å²) in [5.41, 5.74) is 2.92. The molecule has 0 aliphatic carbocycles. The molecule has 0 spiro atoms. The maximum atomic E-state index is 13.9. The van der Waals surface area contributed by atoms with Crippen molar-refractivity contribution >= 4 is 11.6 Å². The summed E-state index contributed by atoms with van der Waals surface area (Å²) in [6.45, 7) is 0.329. The molecule has 1 heterocycles. The molecule has 3 aromatic carbocycles. The smallest absolute Gasteiger partial charge is 0.336 e. The fourth-order valence-corrected chi connectivity index (χ4v) is 3.42. The minimum atomic E-state index is -0.379. The predicted molar refractivity (Wildman–Crippen MR) is 129 cm³/mol. The van der Waals surface area contributed by atoms with Crippen LogP contribution in [-0.4, -0.2) is 48.1 Å². The lowest BCUT2D eigenvalue weighted by Gasteiger charge is -2.08. The van der Waals surface area contributed by atoms with E-state index in [1.807, 2.05) is 24.3 Å². The number of carbonyl (C=O) groups is 1. The molecule has 1 N–H and O–H groups in total. The Morgan fingerprint density at radius 3 is 2.49 bits per heavy atom. The molecule has 4 aromatic rings. The number of methoxy groups -OCH3 is 2. The van der Waals surface area contributed by atoms with Crippen molar-refractivity contribution in [3.8, 4) is 28.8 Å². The molecule has 0 atom stereocenters. The summed E-state index contributed by atoms with van der Waals surface area (Å²) in [4.78, 5) is 16.3. The third kappa shape index (κ3) is 6.21. The first-order chi connectivity index (χ1) is 17.1. The van der Waals surface area contributed by atoms with Crippen molar-refractivity contribution in [3.05, 3.63) is 84.2 Å². The molecule has 0 saturated carbocycles. The Bertz CT molecular complexity index is 1270. The van der Waals surface area contributed by atoms with Gasteiger partial charge in [-0.3, -0.25) is 4.79 Å². The minimum Gasteiger partial charge on any atom is -0.497 e. The lowest BCUT2D eigenvalue weighted by molar-refractivity contribution is -0.119. The maximum Gasteiger partial charge on any atom is 0.336 e. The second-order valence-corrected chi connectivity index (χ2v) is 7.61. The van der Waals surface area contributed by atoms with Crippen LogP contribution in [0.25, 0.3) is 17.1 Å². The lowest BCUT2D eigenvalue weighted by Crippen LogP contribution is -2.17. The number of anilines is 1. The quantitative estimate of drug-likeness (QED) is 0.368. The number of aromatic nitrogens is 3. The molecule has 0 aliphatic rings. The molecule has 35 heavy (non-hydrogen) atoms. The Labute approximate surface area is 202 Å². The van der Waals surface area contributed by atoms with Gasteiger partial charge in [0.05, 0.1) is 19.4 Å². The highest BCUT2D eigenvalue weighted by Crippen LogP contribution is 2.25. The van der Waals surface area contributed by atoms with Crippen molar-refractivity contribution < 1.29 is 23.4 Å². The van der Waals surface area contributed by atoms with Gasteiger partial charge in [-0.25, -0.2) is 9.07 Å². The van der Waals surface area contributed by atoms with Crippen LogP contribution in [0.5, 0.6) is 11.8 Å². The minimum absolute atomic E-state index is 0.0359. The Kier molecular flexibility index (Phi) is 7.69. The van der Waals surface area contributed by atoms with Crippen LogP contribution in [0.2, 0.25) is 0 Å². The van der Waals surface area contributed by atoms with E-state index in [0.717, 1.165) is 11.3 Å². The van der Waals surface area contributed by atoms with Crippen molar-refractivity contribution in [2.75, 3.05) is 32.8 Å². The molecule has 0 radical (unpaired) electrons. The Morgan fingerprint density at radius 2 is 1.80 bits per heavy atom. The highest BCUT2D eigenvalue weighted by Gasteiger charge is 2.16. The van der Waals surface area contributed by atoms with Gasteiger partial charge in [-0.05, 0) is 54.1 Å². The second-order valence-electron chi connectivity index (χ2n) is 7.61. The van der Waals surface area contributed by atoms with Crippen LogP contribution in [0.4, 0.5) is 10.1 Å². The zero-order chi connectivity index (χ0) is 24.6. The fraction of sp³-hybridized carbons (Fsp3) is 0.192. The number of ether oxygens (including phenoxy) is 3. The van der Waals surface area contributed by atoms with Crippen LogP contribution in [0.15, 0.2) is 72.8 Å². The van der Waals surface area contributed by atoms with Gasteiger partial charge in [0, 0.05) is 24.8 Å². The van der Waals surface area contributed by atoms with Crippen molar-refractivity contribution in [1.29, 1.82) is 0 Å². The number of nitrogens with one attached hydrogen (secondary N) is 1. The zero-order valence-corrected chi connectivity index (χ0v) is 19.4. The summed E-state index contributed by atoms with van der Waals surface area (Å²) < 4.78 is 31.3. The highest BCUT2D eigenvalue weighted by molar-refractivity contribution is 5.91. The first kappa shape index (κ1) is 23.9. The Balaban J connectivity index is 1.55. The van der Waals surface area contributed by atoms with Gasteiger partial charge in [-0.1, -0.05) is 24.3 Å². The van der Waals surface area contributed by atoms with Crippen molar-refractivity contribution in [2.24, 2.45) is 0 Å². The van der Waals surface area contributed by atoms with Gasteiger partial charge in [0.1, 0.15) is 18.2 Å². The first-order valence-corrected chi connectivity index (χ1v) is 10.9. The van der Waals surface area contributed by atoms with Gasteiger partial charge >= 0.3 is 6.01 Å². The van der Waals surface area contributed by atoms with Gasteiger partial charge in [0.2, 0.25) is 5.91 Å². The number of hydrogen-bond donors (Lipinski definition) is 1. The van der Waals surface area contributed by atoms with E-state index in [9.17, 15) is 9.18 Å². The van der Waals surface area contributed by atoms with Crippen molar-refractivity contribution in [3.63, 3.8) is 0 Å². The number of benzene rings is 3. The van der Waals surface area contributed by atoms with E-state index in [1.54, 1.807) is 48.2 Å². The molecule has 4 rings (SSSR count). The molecular weight excluding hydrogens is 451 g/mol. The molecule has 9 heteroatoms. The third-order valence-corrected chi connectivity index (χ3v) is 5.12. The van der Waals surface area contributed by atoms with Crippen LogP contribution in [-0.2, 0) is 16.0 Å². The zero-order valence-electron chi connectivity index (χ0n) is 19.4. The molecule has 1 aromatic heterocycles. The van der Waals surface area contributed by atoms with Crippen LogP contribution < -0.4 is 14.8 Å². The molecule has 0 saturated heterocycles. The molecule has 0 unspecified atom stereocenters. The van der Waals surface area contributed by atoms with E-state index in [0.29, 0.717) is 35.8 Å². The predicted octanol–water partition coefficient (Wildman–Crippen LogP) is 4.29. The molecule has 0 bridgehead atoms. The van der Waals surface area contributed by atoms with Crippen LogP contribution in [0, 0.1) is 5.82 Å². The standard InChI is InChI=1S/C26H25FN4O4/c1-33-17-24(32)28-21-8-10-22(11-9-21)31-25(19-4-3-5-20(27)16-19)29-26(30-31)35-15-14-18-6-12-23(34-2)13-7-18/h3-13,16H,14-15,17H2,1-2H3,(H,28,32). The topological polar surface area (TPSA) is 87.5 Å². The van der Waals surface area contributed by atoms with E-state index in [-0.39, 0.29) is 24.3 Å². The molecule has 180 valence electrons. The highest BCUT2D eigenvalue weighted by atomic mass is 19.1. The van der Waals surface area contributed by atoms with Crippen LogP contribution in [0.3, 0.4) is 0 Å². The van der Waals surface area contributed by atoms with E-state index in [2.05, 4.69) is 15.4 Å². The van der Waals surface area contributed by atoms with E-state index in [1.165, 1.54) is 19.2 Å². The van der Waals surface area contributed by atoms with Gasteiger partial charge in [-0.2, -0.15) is 4.98 Å². The van der Waals surface area contributed by atoms with E-state index in [4.69, 9.17) is 14.2 Å². The molecular formula is C26H25FN4O4. The van der Waals surface area contributed by atoms with E-state index >= 15 is 0 Å². The van der Waals surface area contributed by atoms with Crippen LogP contribution in [0.1, 0.15) is 5.56 Å². The summed E-state index contributed by atoms with van der Waals surface area (Å²) in [7, 11) is 3.08.